The molecule has 1 N–H and O–H groups in total. The molecule has 1 aliphatic rings. The summed E-state index contributed by atoms with van der Waals surface area (Å²) in [5, 5.41) is 3.23. The number of morpholine rings is 1. The van der Waals surface area contributed by atoms with Gasteiger partial charge in [0, 0.05) is 25.0 Å². The fourth-order valence-corrected chi connectivity index (χ4v) is 2.91. The van der Waals surface area contributed by atoms with Crippen LogP contribution in [0.15, 0.2) is 42.6 Å². The summed E-state index contributed by atoms with van der Waals surface area (Å²) in [6.45, 7) is 7.26. The molecular formula is C19H23N3O2. The molecular weight excluding hydrogens is 302 g/mol. The maximum Gasteiger partial charge on any atom is 0.255 e. The van der Waals surface area contributed by atoms with Gasteiger partial charge >= 0.3 is 0 Å². The molecule has 3 rings (SSSR count). The van der Waals surface area contributed by atoms with Crippen LogP contribution in [0.1, 0.15) is 29.8 Å². The molecule has 1 aliphatic heterocycles. The molecule has 1 aromatic carbocycles. The topological polar surface area (TPSA) is 54.5 Å². The summed E-state index contributed by atoms with van der Waals surface area (Å²) < 4.78 is 5.68. The number of rotatable bonds is 3. The normalized spacial score (nSPS) is 20.7. The Morgan fingerprint density at radius 1 is 1.12 bits per heavy atom. The van der Waals surface area contributed by atoms with E-state index in [4.69, 9.17) is 4.74 Å². The molecule has 126 valence electrons. The van der Waals surface area contributed by atoms with Crippen LogP contribution in [0.4, 0.5) is 11.5 Å². The van der Waals surface area contributed by atoms with Crippen molar-refractivity contribution in [1.29, 1.82) is 0 Å². The molecule has 1 amide bonds. The molecule has 24 heavy (non-hydrogen) atoms. The van der Waals surface area contributed by atoms with Gasteiger partial charge in [0.15, 0.2) is 0 Å². The zero-order valence-electron chi connectivity index (χ0n) is 14.3. The Morgan fingerprint density at radius 2 is 1.79 bits per heavy atom. The van der Waals surface area contributed by atoms with Gasteiger partial charge in [0.05, 0.1) is 17.8 Å². The van der Waals surface area contributed by atoms with Gasteiger partial charge in [-0.15, -0.1) is 0 Å². The third-order valence-electron chi connectivity index (χ3n) is 4.04. The average molecular weight is 325 g/mol. The van der Waals surface area contributed by atoms with Crippen molar-refractivity contribution < 1.29 is 9.53 Å². The van der Waals surface area contributed by atoms with Crippen LogP contribution in [-0.4, -0.2) is 41.1 Å². The number of hydrogen-bond acceptors (Lipinski definition) is 4. The van der Waals surface area contributed by atoms with E-state index in [2.05, 4.69) is 17.2 Å². The minimum atomic E-state index is 0.00591. The maximum atomic E-state index is 12.6. The van der Waals surface area contributed by atoms with Gasteiger partial charge in [-0.1, -0.05) is 17.7 Å². The minimum absolute atomic E-state index is 0.00591. The first-order chi connectivity index (χ1) is 11.5. The lowest BCUT2D eigenvalue weighted by Gasteiger charge is -2.35. The number of pyridine rings is 1. The van der Waals surface area contributed by atoms with Crippen LogP contribution < -0.4 is 5.32 Å². The highest BCUT2D eigenvalue weighted by Gasteiger charge is 2.26. The number of aromatic nitrogens is 1. The summed E-state index contributed by atoms with van der Waals surface area (Å²) in [6.07, 6.45) is 1.75. The molecule has 0 spiro atoms. The highest BCUT2D eigenvalue weighted by atomic mass is 16.5. The van der Waals surface area contributed by atoms with Crippen molar-refractivity contribution in [2.45, 2.75) is 33.0 Å². The van der Waals surface area contributed by atoms with E-state index in [1.54, 1.807) is 6.20 Å². The monoisotopic (exact) mass is 325 g/mol. The Labute approximate surface area is 142 Å². The zero-order chi connectivity index (χ0) is 17.1. The molecule has 0 bridgehead atoms. The van der Waals surface area contributed by atoms with E-state index in [-0.39, 0.29) is 18.1 Å². The van der Waals surface area contributed by atoms with Gasteiger partial charge < -0.3 is 15.0 Å². The van der Waals surface area contributed by atoms with Crippen LogP contribution in [0.25, 0.3) is 0 Å². The molecule has 1 aromatic heterocycles. The third-order valence-corrected chi connectivity index (χ3v) is 4.04. The number of nitrogens with zero attached hydrogens (tertiary/aromatic N) is 2. The van der Waals surface area contributed by atoms with Crippen molar-refractivity contribution >= 4 is 17.4 Å². The second kappa shape index (κ2) is 7.01. The highest BCUT2D eigenvalue weighted by Crippen LogP contribution is 2.17. The van der Waals surface area contributed by atoms with E-state index in [1.807, 2.05) is 55.1 Å². The summed E-state index contributed by atoms with van der Waals surface area (Å²) >= 11 is 0. The van der Waals surface area contributed by atoms with Gasteiger partial charge in [-0.2, -0.15) is 0 Å². The van der Waals surface area contributed by atoms with Crippen molar-refractivity contribution in [2.75, 3.05) is 18.4 Å². The summed E-state index contributed by atoms with van der Waals surface area (Å²) in [6, 6.07) is 11.7. The standard InChI is InChI=1S/C19H23N3O2/c1-13-4-7-17(8-5-13)21-18-9-6-16(10-20-18)19(23)22-11-14(2)24-15(3)12-22/h4-10,14-15H,11-12H2,1-3H3,(H,20,21)/t14-,15+. The van der Waals surface area contributed by atoms with Crippen LogP contribution in [0.3, 0.4) is 0 Å². The maximum absolute atomic E-state index is 12.6. The van der Waals surface area contributed by atoms with Gasteiger partial charge in [0.2, 0.25) is 0 Å². The van der Waals surface area contributed by atoms with Gasteiger partial charge in [0.25, 0.3) is 5.91 Å². The SMILES string of the molecule is Cc1ccc(Nc2ccc(C(=O)N3C[C@@H](C)O[C@@H](C)C3)cn2)cc1. The van der Waals surface area contributed by atoms with E-state index in [0.29, 0.717) is 18.7 Å². The largest absolute Gasteiger partial charge is 0.372 e. The molecule has 0 radical (unpaired) electrons. The van der Waals surface area contributed by atoms with Crippen molar-refractivity contribution in [3.05, 3.63) is 53.7 Å². The van der Waals surface area contributed by atoms with Gasteiger partial charge in [0.1, 0.15) is 5.82 Å². The fourth-order valence-electron chi connectivity index (χ4n) is 2.91. The second-order valence-electron chi connectivity index (χ2n) is 6.39. The van der Waals surface area contributed by atoms with E-state index in [1.165, 1.54) is 5.56 Å². The molecule has 5 heteroatoms. The molecule has 1 fully saturated rings. The van der Waals surface area contributed by atoms with Crippen molar-refractivity contribution in [2.24, 2.45) is 0 Å². The highest BCUT2D eigenvalue weighted by molar-refractivity contribution is 5.94. The summed E-state index contributed by atoms with van der Waals surface area (Å²) in [7, 11) is 0. The number of hydrogen-bond donors (Lipinski definition) is 1. The molecule has 5 nitrogen and oxygen atoms in total. The molecule has 1 saturated heterocycles. The summed E-state index contributed by atoms with van der Waals surface area (Å²) in [4.78, 5) is 18.8. The van der Waals surface area contributed by atoms with Gasteiger partial charge in [-0.3, -0.25) is 4.79 Å². The molecule has 2 heterocycles. The fraction of sp³-hybridized carbons (Fsp3) is 0.368. The van der Waals surface area contributed by atoms with Crippen LogP contribution in [0, 0.1) is 6.92 Å². The van der Waals surface area contributed by atoms with Crippen LogP contribution >= 0.6 is 0 Å². The number of amides is 1. The quantitative estimate of drug-likeness (QED) is 0.940. The van der Waals surface area contributed by atoms with Crippen LogP contribution in [0.2, 0.25) is 0 Å². The molecule has 0 unspecified atom stereocenters. The van der Waals surface area contributed by atoms with Crippen LogP contribution in [-0.2, 0) is 4.74 Å². The predicted molar refractivity (Wildman–Crippen MR) is 94.6 cm³/mol. The Balaban J connectivity index is 1.67. The van der Waals surface area contributed by atoms with Crippen molar-refractivity contribution in [3.63, 3.8) is 0 Å². The Kier molecular flexibility index (Phi) is 4.81. The van der Waals surface area contributed by atoms with Crippen LogP contribution in [0.5, 0.6) is 0 Å². The second-order valence-corrected chi connectivity index (χ2v) is 6.39. The first-order valence-corrected chi connectivity index (χ1v) is 8.26. The number of carbonyl (C=O) groups excluding carboxylic acids is 1. The Hall–Kier alpha value is -2.40. The van der Waals surface area contributed by atoms with E-state index in [9.17, 15) is 4.79 Å². The number of aryl methyl sites for hydroxylation is 1. The van der Waals surface area contributed by atoms with E-state index in [0.717, 1.165) is 11.5 Å². The van der Waals surface area contributed by atoms with Crippen molar-refractivity contribution in [3.8, 4) is 0 Å². The number of nitrogens with one attached hydrogen (secondary N) is 1. The first kappa shape index (κ1) is 16.5. The molecule has 2 atom stereocenters. The first-order valence-electron chi connectivity index (χ1n) is 8.26. The van der Waals surface area contributed by atoms with Crippen molar-refractivity contribution in [1.82, 2.24) is 9.88 Å². The van der Waals surface area contributed by atoms with E-state index < -0.39 is 0 Å². The third kappa shape index (κ3) is 3.92. The minimum Gasteiger partial charge on any atom is -0.372 e. The number of ether oxygens (including phenoxy) is 1. The lowest BCUT2D eigenvalue weighted by molar-refractivity contribution is -0.0586. The zero-order valence-corrected chi connectivity index (χ0v) is 14.3. The Bertz CT molecular complexity index is 688. The lowest BCUT2D eigenvalue weighted by atomic mass is 10.2. The number of anilines is 2. The molecule has 0 aliphatic carbocycles. The number of benzene rings is 1. The summed E-state index contributed by atoms with van der Waals surface area (Å²) in [5.41, 5.74) is 2.79. The van der Waals surface area contributed by atoms with E-state index >= 15 is 0 Å². The summed E-state index contributed by atoms with van der Waals surface area (Å²) in [5.74, 6) is 0.727. The lowest BCUT2D eigenvalue weighted by Crippen LogP contribution is -2.48. The Morgan fingerprint density at radius 3 is 2.38 bits per heavy atom. The van der Waals surface area contributed by atoms with Gasteiger partial charge in [-0.25, -0.2) is 4.98 Å². The number of carbonyl (C=O) groups is 1. The smallest absolute Gasteiger partial charge is 0.255 e. The predicted octanol–water partition coefficient (Wildman–Crippen LogP) is 3.38. The van der Waals surface area contributed by atoms with Gasteiger partial charge in [-0.05, 0) is 45.0 Å². The molecule has 0 saturated carbocycles. The average Bonchev–Trinajstić information content (AvgIpc) is 2.56. The molecule has 2 aromatic rings.